The summed E-state index contributed by atoms with van der Waals surface area (Å²) in [5, 5.41) is 10.1. The summed E-state index contributed by atoms with van der Waals surface area (Å²) in [7, 11) is 1.94. The van der Waals surface area contributed by atoms with Gasteiger partial charge in [0.05, 0.1) is 12.3 Å². The molecular formula is C15H19FN2OS. The molecule has 0 radical (unpaired) electrons. The van der Waals surface area contributed by atoms with E-state index in [1.165, 1.54) is 23.9 Å². The van der Waals surface area contributed by atoms with E-state index in [9.17, 15) is 4.39 Å². The molecule has 0 saturated heterocycles. The maximum atomic E-state index is 13.3. The van der Waals surface area contributed by atoms with Gasteiger partial charge in [0, 0.05) is 18.4 Å². The monoisotopic (exact) mass is 294 g/mol. The normalized spacial score (nSPS) is 11.3. The lowest BCUT2D eigenvalue weighted by Gasteiger charge is -2.08. The molecule has 0 fully saturated rings. The van der Waals surface area contributed by atoms with Crippen LogP contribution in [0.15, 0.2) is 34.2 Å². The molecule has 0 saturated carbocycles. The molecule has 0 spiro atoms. The Morgan fingerprint density at radius 3 is 2.75 bits per heavy atom. The lowest BCUT2D eigenvalue weighted by molar-refractivity contribution is 0.295. The third kappa shape index (κ3) is 3.22. The van der Waals surface area contributed by atoms with E-state index in [1.54, 1.807) is 6.07 Å². The second-order valence-corrected chi connectivity index (χ2v) is 6.03. The molecule has 1 aromatic heterocycles. The van der Waals surface area contributed by atoms with Crippen molar-refractivity contribution in [1.82, 2.24) is 9.55 Å². The van der Waals surface area contributed by atoms with Gasteiger partial charge >= 0.3 is 0 Å². The van der Waals surface area contributed by atoms with Crippen molar-refractivity contribution in [3.63, 3.8) is 0 Å². The number of benzene rings is 1. The van der Waals surface area contributed by atoms with E-state index in [2.05, 4.69) is 18.8 Å². The van der Waals surface area contributed by atoms with Gasteiger partial charge in [-0.1, -0.05) is 31.7 Å². The number of hydrogen-bond acceptors (Lipinski definition) is 3. The largest absolute Gasteiger partial charge is 0.396 e. The van der Waals surface area contributed by atoms with E-state index >= 15 is 0 Å². The van der Waals surface area contributed by atoms with Crippen molar-refractivity contribution < 1.29 is 9.50 Å². The van der Waals surface area contributed by atoms with Gasteiger partial charge in [0.1, 0.15) is 16.7 Å². The van der Waals surface area contributed by atoms with Gasteiger partial charge in [-0.2, -0.15) is 0 Å². The number of aliphatic hydroxyl groups is 1. The summed E-state index contributed by atoms with van der Waals surface area (Å²) in [6.45, 7) is 4.24. The zero-order valence-corrected chi connectivity index (χ0v) is 12.7. The van der Waals surface area contributed by atoms with Crippen LogP contribution in [-0.4, -0.2) is 21.3 Å². The lowest BCUT2D eigenvalue weighted by atomic mass is 10.1. The highest BCUT2D eigenvalue weighted by molar-refractivity contribution is 7.99. The van der Waals surface area contributed by atoms with Gasteiger partial charge in [0.2, 0.25) is 0 Å². The molecule has 1 N–H and O–H groups in total. The van der Waals surface area contributed by atoms with Gasteiger partial charge in [0.15, 0.2) is 0 Å². The van der Waals surface area contributed by atoms with Gasteiger partial charge in [-0.25, -0.2) is 9.37 Å². The van der Waals surface area contributed by atoms with Crippen LogP contribution in [0.1, 0.15) is 31.3 Å². The van der Waals surface area contributed by atoms with Crippen molar-refractivity contribution in [3.05, 3.63) is 41.6 Å². The van der Waals surface area contributed by atoms with Crippen molar-refractivity contribution in [3.8, 4) is 0 Å². The van der Waals surface area contributed by atoms with Crippen molar-refractivity contribution in [1.29, 1.82) is 0 Å². The number of halogens is 1. The third-order valence-corrected chi connectivity index (χ3v) is 4.22. The minimum atomic E-state index is -0.237. The molecule has 5 heteroatoms. The quantitative estimate of drug-likeness (QED) is 0.919. The highest BCUT2D eigenvalue weighted by atomic mass is 32.2. The topological polar surface area (TPSA) is 38.1 Å². The number of aliphatic hydroxyl groups excluding tert-OH is 1. The zero-order valence-electron chi connectivity index (χ0n) is 11.9. The predicted octanol–water partition coefficient (Wildman–Crippen LogP) is 3.37. The Bertz CT molecular complexity index is 596. The van der Waals surface area contributed by atoms with Crippen LogP contribution in [0.4, 0.5) is 4.39 Å². The smallest absolute Gasteiger partial charge is 0.124 e. The van der Waals surface area contributed by atoms with Crippen LogP contribution < -0.4 is 0 Å². The van der Waals surface area contributed by atoms with Crippen molar-refractivity contribution in [2.45, 2.75) is 36.1 Å². The average molecular weight is 294 g/mol. The molecule has 2 aromatic rings. The summed E-state index contributed by atoms with van der Waals surface area (Å²) >= 11 is 1.51. The summed E-state index contributed by atoms with van der Waals surface area (Å²) in [6.07, 6.45) is 0.528. The molecular weight excluding hydrogens is 275 g/mol. The van der Waals surface area contributed by atoms with E-state index in [0.717, 1.165) is 21.4 Å². The number of rotatable bonds is 5. The van der Waals surface area contributed by atoms with Crippen molar-refractivity contribution >= 4 is 11.8 Å². The molecule has 3 nitrogen and oxygen atoms in total. The Kier molecular flexibility index (Phi) is 4.83. The molecule has 0 atom stereocenters. The van der Waals surface area contributed by atoms with E-state index in [1.807, 2.05) is 17.7 Å². The first-order valence-electron chi connectivity index (χ1n) is 6.62. The van der Waals surface area contributed by atoms with E-state index in [0.29, 0.717) is 6.42 Å². The van der Waals surface area contributed by atoms with Crippen LogP contribution in [-0.2, 0) is 13.5 Å². The van der Waals surface area contributed by atoms with Crippen LogP contribution >= 0.6 is 11.8 Å². The second kappa shape index (κ2) is 6.41. The molecule has 20 heavy (non-hydrogen) atoms. The minimum Gasteiger partial charge on any atom is -0.396 e. The maximum Gasteiger partial charge on any atom is 0.124 e. The molecule has 0 unspecified atom stereocenters. The van der Waals surface area contributed by atoms with E-state index in [-0.39, 0.29) is 18.3 Å². The summed E-state index contributed by atoms with van der Waals surface area (Å²) in [5.74, 6) is 0.902. The highest BCUT2D eigenvalue weighted by Crippen LogP contribution is 2.34. The predicted molar refractivity (Wildman–Crippen MR) is 78.6 cm³/mol. The SMILES string of the molecule is CC(C)c1nc(CCO)n(C)c1Sc1cccc(F)c1. The summed E-state index contributed by atoms with van der Waals surface area (Å²) in [5.41, 5.74) is 0.991. The fourth-order valence-corrected chi connectivity index (χ4v) is 3.18. The van der Waals surface area contributed by atoms with Gasteiger partial charge in [-0.15, -0.1) is 0 Å². The zero-order chi connectivity index (χ0) is 14.7. The molecule has 0 aliphatic carbocycles. The molecule has 0 aliphatic heterocycles. The van der Waals surface area contributed by atoms with E-state index < -0.39 is 0 Å². The fraction of sp³-hybridized carbons (Fsp3) is 0.400. The molecule has 0 amide bonds. The molecule has 0 bridgehead atoms. The van der Waals surface area contributed by atoms with Crippen molar-refractivity contribution in [2.24, 2.45) is 7.05 Å². The van der Waals surface area contributed by atoms with Crippen LogP contribution in [0.3, 0.4) is 0 Å². The number of aromatic nitrogens is 2. The summed E-state index contributed by atoms with van der Waals surface area (Å²) in [6, 6.07) is 6.55. The number of imidazole rings is 1. The Morgan fingerprint density at radius 2 is 2.15 bits per heavy atom. The van der Waals surface area contributed by atoms with Crippen LogP contribution in [0.5, 0.6) is 0 Å². The molecule has 0 aliphatic rings. The first-order valence-corrected chi connectivity index (χ1v) is 7.44. The first-order chi connectivity index (χ1) is 9.52. The Morgan fingerprint density at radius 1 is 1.40 bits per heavy atom. The van der Waals surface area contributed by atoms with Crippen LogP contribution in [0.25, 0.3) is 0 Å². The number of nitrogens with zero attached hydrogens (tertiary/aromatic N) is 2. The maximum absolute atomic E-state index is 13.3. The Balaban J connectivity index is 2.39. The molecule has 108 valence electrons. The molecule has 1 heterocycles. The summed E-state index contributed by atoms with van der Waals surface area (Å²) < 4.78 is 15.3. The van der Waals surface area contributed by atoms with Gasteiger partial charge in [0.25, 0.3) is 0 Å². The average Bonchev–Trinajstić information content (AvgIpc) is 2.69. The van der Waals surface area contributed by atoms with Gasteiger partial charge < -0.3 is 9.67 Å². The lowest BCUT2D eigenvalue weighted by Crippen LogP contribution is -2.01. The molecule has 1 aromatic carbocycles. The first kappa shape index (κ1) is 15.1. The Labute approximate surface area is 122 Å². The Hall–Kier alpha value is -1.33. The van der Waals surface area contributed by atoms with Crippen LogP contribution in [0, 0.1) is 5.82 Å². The van der Waals surface area contributed by atoms with Gasteiger partial charge in [-0.05, 0) is 24.1 Å². The highest BCUT2D eigenvalue weighted by Gasteiger charge is 2.18. The van der Waals surface area contributed by atoms with Crippen molar-refractivity contribution in [2.75, 3.05) is 6.61 Å². The van der Waals surface area contributed by atoms with E-state index in [4.69, 9.17) is 5.11 Å². The van der Waals surface area contributed by atoms with Crippen LogP contribution in [0.2, 0.25) is 0 Å². The standard InChI is InChI=1S/C15H19FN2OS/c1-10(2)14-15(18(3)13(17-14)7-8-19)20-12-6-4-5-11(16)9-12/h4-6,9-10,19H,7-8H2,1-3H3. The summed E-state index contributed by atoms with van der Waals surface area (Å²) in [4.78, 5) is 5.46. The second-order valence-electron chi connectivity index (χ2n) is 4.97. The third-order valence-electron chi connectivity index (χ3n) is 3.05. The molecule has 2 rings (SSSR count). The minimum absolute atomic E-state index is 0.0759. The fourth-order valence-electron chi connectivity index (χ4n) is 2.01. The number of hydrogen-bond donors (Lipinski definition) is 1. The van der Waals surface area contributed by atoms with Gasteiger partial charge in [-0.3, -0.25) is 0 Å².